The molecule has 166 valence electrons. The molecule has 1 atom stereocenters. The maximum absolute atomic E-state index is 9.48. The van der Waals surface area contributed by atoms with Gasteiger partial charge in [-0.2, -0.15) is 0 Å². The van der Waals surface area contributed by atoms with Gasteiger partial charge < -0.3 is 15.5 Å². The van der Waals surface area contributed by atoms with E-state index in [0.29, 0.717) is 13.1 Å². The summed E-state index contributed by atoms with van der Waals surface area (Å²) in [6, 6.07) is 22.6. The summed E-state index contributed by atoms with van der Waals surface area (Å²) in [7, 11) is 0. The molecule has 0 aliphatic rings. The molecule has 33 heavy (non-hydrogen) atoms. The minimum Gasteiger partial charge on any atom is -0.394 e. The van der Waals surface area contributed by atoms with Crippen molar-refractivity contribution in [2.24, 2.45) is 0 Å². The first kappa shape index (κ1) is 21.2. The number of hydrogen-bond donors (Lipinski definition) is 3. The number of nitrogens with one attached hydrogen (secondary N) is 1. The summed E-state index contributed by atoms with van der Waals surface area (Å²) < 4.78 is 4.05. The maximum Gasteiger partial charge on any atom is 0.280 e. The van der Waals surface area contributed by atoms with Crippen molar-refractivity contribution in [1.82, 2.24) is 20.1 Å². The van der Waals surface area contributed by atoms with Gasteiger partial charge in [-0.05, 0) is 35.4 Å². The Hall–Kier alpha value is -3.65. The third-order valence-electron chi connectivity index (χ3n) is 5.77. The molecule has 7 heteroatoms. The number of fused-ring (bicyclic) bond motifs is 3. The van der Waals surface area contributed by atoms with E-state index in [2.05, 4.69) is 27.9 Å². The standard InChI is InChI=1S/C26H26N5O2/c1-18-29-31(22-9-7-19(8-10-22)14-27-16-23(33)17-32)26-24-13-21(20-5-3-2-4-6-20)15-28-25(24)11-12-30(18)26/h2-13,15,23,27,32-33H,14,16-17H2,1H3/q+1. The molecule has 0 fully saturated rings. The Balaban J connectivity index is 1.55. The summed E-state index contributed by atoms with van der Waals surface area (Å²) in [5, 5.41) is 27.4. The average molecular weight is 441 g/mol. The van der Waals surface area contributed by atoms with Crippen molar-refractivity contribution in [3.63, 3.8) is 0 Å². The highest BCUT2D eigenvalue weighted by molar-refractivity contribution is 5.92. The van der Waals surface area contributed by atoms with Crippen LogP contribution in [-0.4, -0.2) is 44.2 Å². The smallest absolute Gasteiger partial charge is 0.280 e. The second kappa shape index (κ2) is 9.07. The summed E-state index contributed by atoms with van der Waals surface area (Å²) in [4.78, 5) is 4.72. The number of benzene rings is 2. The van der Waals surface area contributed by atoms with E-state index in [1.807, 2.05) is 72.5 Å². The van der Waals surface area contributed by atoms with E-state index in [1.54, 1.807) is 0 Å². The van der Waals surface area contributed by atoms with Crippen molar-refractivity contribution in [2.75, 3.05) is 13.2 Å². The number of nitrogens with zero attached hydrogens (tertiary/aromatic N) is 4. The lowest BCUT2D eigenvalue weighted by Crippen LogP contribution is -2.28. The Morgan fingerprint density at radius 1 is 1.03 bits per heavy atom. The molecule has 0 aliphatic heterocycles. The van der Waals surface area contributed by atoms with Crippen molar-refractivity contribution in [3.8, 4) is 16.8 Å². The molecule has 0 saturated carbocycles. The summed E-state index contributed by atoms with van der Waals surface area (Å²) in [5.41, 5.74) is 6.11. The first-order valence-electron chi connectivity index (χ1n) is 11.0. The topological polar surface area (TPSA) is 87.3 Å². The molecule has 0 radical (unpaired) electrons. The average Bonchev–Trinajstić information content (AvgIpc) is 3.21. The predicted molar refractivity (Wildman–Crippen MR) is 127 cm³/mol. The molecule has 0 bridgehead atoms. The SMILES string of the molecule is Cc1nn(-c2ccc(CNCC(O)CO)cc2)c2c3cc(-c4ccccc4)cnc3cc[n+]12. The highest BCUT2D eigenvalue weighted by Gasteiger charge is 2.21. The van der Waals surface area contributed by atoms with Crippen LogP contribution < -0.4 is 9.72 Å². The summed E-state index contributed by atoms with van der Waals surface area (Å²) >= 11 is 0. The number of pyridine rings is 2. The van der Waals surface area contributed by atoms with Crippen molar-refractivity contribution in [1.29, 1.82) is 0 Å². The second-order valence-electron chi connectivity index (χ2n) is 8.12. The molecule has 0 spiro atoms. The van der Waals surface area contributed by atoms with Crippen LogP contribution in [0.25, 0.3) is 33.4 Å². The quantitative estimate of drug-likeness (QED) is 0.339. The van der Waals surface area contributed by atoms with Crippen LogP contribution in [0, 0.1) is 6.92 Å². The lowest BCUT2D eigenvalue weighted by atomic mass is 10.1. The van der Waals surface area contributed by atoms with Crippen molar-refractivity contribution in [3.05, 3.63) is 90.5 Å². The zero-order chi connectivity index (χ0) is 22.8. The maximum atomic E-state index is 9.48. The van der Waals surface area contributed by atoms with E-state index in [-0.39, 0.29) is 6.61 Å². The molecule has 0 amide bonds. The molecular weight excluding hydrogens is 414 g/mol. The van der Waals surface area contributed by atoms with Crippen LogP contribution in [0.5, 0.6) is 0 Å². The van der Waals surface area contributed by atoms with Crippen LogP contribution in [0.15, 0.2) is 79.1 Å². The molecule has 0 aliphatic carbocycles. The molecule has 3 heterocycles. The Morgan fingerprint density at radius 3 is 2.58 bits per heavy atom. The van der Waals surface area contributed by atoms with E-state index < -0.39 is 6.10 Å². The number of aromatic nitrogens is 4. The molecule has 2 aromatic carbocycles. The second-order valence-corrected chi connectivity index (χ2v) is 8.12. The van der Waals surface area contributed by atoms with Gasteiger partial charge in [0.1, 0.15) is 5.69 Å². The molecule has 0 saturated heterocycles. The number of aliphatic hydroxyl groups is 2. The molecule has 1 unspecified atom stereocenters. The zero-order valence-electron chi connectivity index (χ0n) is 18.4. The first-order valence-corrected chi connectivity index (χ1v) is 11.0. The van der Waals surface area contributed by atoms with E-state index in [4.69, 9.17) is 15.2 Å². The van der Waals surface area contributed by atoms with Gasteiger partial charge in [0.25, 0.3) is 11.5 Å². The van der Waals surface area contributed by atoms with Crippen molar-refractivity contribution in [2.45, 2.75) is 19.6 Å². The van der Waals surface area contributed by atoms with Gasteiger partial charge in [-0.15, -0.1) is 0 Å². The van der Waals surface area contributed by atoms with Gasteiger partial charge in [-0.25, -0.2) is 4.40 Å². The largest absolute Gasteiger partial charge is 0.394 e. The molecule has 3 aromatic heterocycles. The van der Waals surface area contributed by atoms with Gasteiger partial charge in [0.05, 0.1) is 29.8 Å². The third kappa shape index (κ3) is 4.21. The predicted octanol–water partition coefficient (Wildman–Crippen LogP) is 2.58. The minimum absolute atomic E-state index is 0.246. The van der Waals surface area contributed by atoms with E-state index in [1.165, 1.54) is 0 Å². The highest BCUT2D eigenvalue weighted by atomic mass is 16.3. The highest BCUT2D eigenvalue weighted by Crippen LogP contribution is 2.25. The zero-order valence-corrected chi connectivity index (χ0v) is 18.4. The molecular formula is C26H26N5O2+. The van der Waals surface area contributed by atoms with Gasteiger partial charge >= 0.3 is 0 Å². The molecule has 3 N–H and O–H groups in total. The fourth-order valence-corrected chi connectivity index (χ4v) is 4.02. The lowest BCUT2D eigenvalue weighted by molar-refractivity contribution is -0.519. The molecule has 5 rings (SSSR count). The number of aliphatic hydroxyl groups excluding tert-OH is 2. The summed E-state index contributed by atoms with van der Waals surface area (Å²) in [6.45, 7) is 2.71. The van der Waals surface area contributed by atoms with Gasteiger partial charge in [0.15, 0.2) is 0 Å². The lowest BCUT2D eigenvalue weighted by Gasteiger charge is -2.09. The van der Waals surface area contributed by atoms with E-state index >= 15 is 0 Å². The monoisotopic (exact) mass is 440 g/mol. The van der Waals surface area contributed by atoms with Gasteiger partial charge in [0.2, 0.25) is 0 Å². The van der Waals surface area contributed by atoms with E-state index in [0.717, 1.165) is 44.8 Å². The Morgan fingerprint density at radius 2 is 1.82 bits per heavy atom. The third-order valence-corrected chi connectivity index (χ3v) is 5.77. The summed E-state index contributed by atoms with van der Waals surface area (Å²) in [6.07, 6.45) is 3.18. The normalized spacial score (nSPS) is 12.5. The number of hydrogen-bond acceptors (Lipinski definition) is 5. The molecule has 7 nitrogen and oxygen atoms in total. The van der Waals surface area contributed by atoms with Crippen molar-refractivity contribution >= 4 is 16.6 Å². The molecule has 5 aromatic rings. The summed E-state index contributed by atoms with van der Waals surface area (Å²) in [5.74, 6) is 0.890. The van der Waals surface area contributed by atoms with Gasteiger partial charge in [0, 0.05) is 36.9 Å². The van der Waals surface area contributed by atoms with Crippen LogP contribution in [-0.2, 0) is 6.54 Å². The fraction of sp³-hybridized carbons (Fsp3) is 0.192. The first-order chi connectivity index (χ1) is 16.1. The minimum atomic E-state index is -0.748. The number of aryl methyl sites for hydroxylation is 1. The Kier molecular flexibility index (Phi) is 5.83. The Labute approximate surface area is 191 Å². The van der Waals surface area contributed by atoms with Crippen molar-refractivity contribution < 1.29 is 14.6 Å². The van der Waals surface area contributed by atoms with Crippen LogP contribution >= 0.6 is 0 Å². The van der Waals surface area contributed by atoms with Gasteiger partial charge in [-0.3, -0.25) is 4.98 Å². The Bertz CT molecular complexity index is 1400. The van der Waals surface area contributed by atoms with Gasteiger partial charge in [-0.1, -0.05) is 47.1 Å². The van der Waals surface area contributed by atoms with E-state index in [9.17, 15) is 5.11 Å². The van der Waals surface area contributed by atoms with Crippen LogP contribution in [0.1, 0.15) is 11.4 Å². The van der Waals surface area contributed by atoms with Crippen LogP contribution in [0.3, 0.4) is 0 Å². The fourth-order valence-electron chi connectivity index (χ4n) is 4.02. The van der Waals surface area contributed by atoms with Crippen LogP contribution in [0.4, 0.5) is 0 Å². The number of rotatable bonds is 7. The van der Waals surface area contributed by atoms with Crippen LogP contribution in [0.2, 0.25) is 0 Å².